The predicted octanol–water partition coefficient (Wildman–Crippen LogP) is 0.204. The lowest BCUT2D eigenvalue weighted by atomic mass is 10.3. The van der Waals surface area contributed by atoms with Crippen molar-refractivity contribution in [1.29, 1.82) is 0 Å². The van der Waals surface area contributed by atoms with Crippen molar-refractivity contribution in [2.24, 2.45) is 5.84 Å². The lowest BCUT2D eigenvalue weighted by Gasteiger charge is -2.27. The van der Waals surface area contributed by atoms with Crippen LogP contribution in [0.25, 0.3) is 5.95 Å². The number of ether oxygens (including phenoxy) is 1. The van der Waals surface area contributed by atoms with Gasteiger partial charge in [0.25, 0.3) is 5.95 Å². The largest absolute Gasteiger partial charge is 0.383 e. The zero-order valence-electron chi connectivity index (χ0n) is 12.4. The van der Waals surface area contributed by atoms with Gasteiger partial charge in [0, 0.05) is 26.0 Å². The van der Waals surface area contributed by atoms with Crippen LogP contribution in [0.2, 0.25) is 0 Å². The van der Waals surface area contributed by atoms with Gasteiger partial charge in [-0.2, -0.15) is 20.1 Å². The maximum Gasteiger partial charge on any atom is 0.257 e. The molecule has 0 fully saturated rings. The van der Waals surface area contributed by atoms with Crippen LogP contribution in [-0.4, -0.2) is 51.0 Å². The van der Waals surface area contributed by atoms with Crippen molar-refractivity contribution in [1.82, 2.24) is 24.7 Å². The van der Waals surface area contributed by atoms with E-state index in [9.17, 15) is 0 Å². The number of aromatic nitrogens is 5. The van der Waals surface area contributed by atoms with Crippen LogP contribution in [0.4, 0.5) is 11.9 Å². The number of nitrogens with two attached hydrogens (primary N) is 1. The molecule has 2 aromatic rings. The Hall–Kier alpha value is -2.26. The van der Waals surface area contributed by atoms with Crippen LogP contribution >= 0.6 is 0 Å². The summed E-state index contributed by atoms with van der Waals surface area (Å²) in [5, 5.41) is 4.12. The molecule has 21 heavy (non-hydrogen) atoms. The van der Waals surface area contributed by atoms with E-state index in [1.165, 1.54) is 0 Å². The molecule has 1 unspecified atom stereocenters. The Morgan fingerprint density at radius 1 is 1.43 bits per heavy atom. The van der Waals surface area contributed by atoms with Crippen molar-refractivity contribution in [3.8, 4) is 5.95 Å². The molecule has 0 aliphatic heterocycles. The monoisotopic (exact) mass is 292 g/mol. The van der Waals surface area contributed by atoms with Gasteiger partial charge in [0.05, 0.1) is 12.6 Å². The molecule has 0 amide bonds. The van der Waals surface area contributed by atoms with Crippen LogP contribution in [-0.2, 0) is 4.74 Å². The molecule has 0 aromatic carbocycles. The van der Waals surface area contributed by atoms with Crippen LogP contribution in [0.3, 0.4) is 0 Å². The first kappa shape index (κ1) is 15.1. The van der Waals surface area contributed by atoms with E-state index in [0.29, 0.717) is 18.5 Å². The second-order valence-corrected chi connectivity index (χ2v) is 4.44. The molecule has 2 aromatic heterocycles. The smallest absolute Gasteiger partial charge is 0.257 e. The fraction of sp³-hybridized carbons (Fsp3) is 0.500. The number of methoxy groups -OCH3 is 1. The zero-order valence-corrected chi connectivity index (χ0v) is 12.4. The first-order valence-corrected chi connectivity index (χ1v) is 6.67. The highest BCUT2D eigenvalue weighted by Crippen LogP contribution is 2.15. The van der Waals surface area contributed by atoms with E-state index in [2.05, 4.69) is 25.5 Å². The van der Waals surface area contributed by atoms with Crippen LogP contribution < -0.4 is 16.2 Å². The van der Waals surface area contributed by atoms with E-state index in [1.54, 1.807) is 30.3 Å². The van der Waals surface area contributed by atoms with Crippen molar-refractivity contribution >= 4 is 11.9 Å². The Morgan fingerprint density at radius 2 is 2.24 bits per heavy atom. The average Bonchev–Trinajstić information content (AvgIpc) is 3.02. The highest BCUT2D eigenvalue weighted by Gasteiger charge is 2.18. The summed E-state index contributed by atoms with van der Waals surface area (Å²) in [4.78, 5) is 15.0. The van der Waals surface area contributed by atoms with Crippen LogP contribution in [0.15, 0.2) is 18.5 Å². The summed E-state index contributed by atoms with van der Waals surface area (Å²) in [6.45, 7) is 5.37. The van der Waals surface area contributed by atoms with E-state index >= 15 is 0 Å². The molecular formula is C12H20N8O. The summed E-state index contributed by atoms with van der Waals surface area (Å²) in [5.41, 5.74) is 2.46. The minimum Gasteiger partial charge on any atom is -0.383 e. The number of nitrogen functional groups attached to an aromatic ring is 1. The fourth-order valence-corrected chi connectivity index (χ4v) is 2.02. The molecule has 0 saturated carbocycles. The fourth-order valence-electron chi connectivity index (χ4n) is 2.02. The van der Waals surface area contributed by atoms with Crippen molar-refractivity contribution in [3.63, 3.8) is 0 Å². The Labute approximate surface area is 123 Å². The van der Waals surface area contributed by atoms with E-state index in [-0.39, 0.29) is 12.0 Å². The lowest BCUT2D eigenvalue weighted by Crippen LogP contribution is -2.38. The third-order valence-electron chi connectivity index (χ3n) is 2.99. The predicted molar refractivity (Wildman–Crippen MR) is 79.1 cm³/mol. The molecule has 9 heteroatoms. The van der Waals surface area contributed by atoms with Gasteiger partial charge >= 0.3 is 0 Å². The van der Waals surface area contributed by atoms with Gasteiger partial charge in [0.1, 0.15) is 0 Å². The molecule has 3 N–H and O–H groups in total. The van der Waals surface area contributed by atoms with E-state index in [1.807, 2.05) is 18.7 Å². The topological polar surface area (TPSA) is 107 Å². The normalized spacial score (nSPS) is 12.2. The van der Waals surface area contributed by atoms with Crippen molar-refractivity contribution in [2.75, 3.05) is 30.6 Å². The van der Waals surface area contributed by atoms with Gasteiger partial charge in [-0.3, -0.25) is 5.43 Å². The van der Waals surface area contributed by atoms with Crippen molar-refractivity contribution in [3.05, 3.63) is 18.5 Å². The van der Waals surface area contributed by atoms with E-state index in [0.717, 1.165) is 6.54 Å². The van der Waals surface area contributed by atoms with Crippen LogP contribution in [0, 0.1) is 0 Å². The standard InChI is InChI=1S/C12H20N8O/c1-4-19(9(2)8-21-3)11-15-10(18-13)16-12(17-11)20-7-5-6-14-20/h5-7,9H,4,8,13H2,1-3H3,(H,15,16,17,18). The second-order valence-electron chi connectivity index (χ2n) is 4.44. The maximum atomic E-state index is 5.44. The lowest BCUT2D eigenvalue weighted by molar-refractivity contribution is 0.181. The molecule has 9 nitrogen and oxygen atoms in total. The summed E-state index contributed by atoms with van der Waals surface area (Å²) < 4.78 is 6.75. The zero-order chi connectivity index (χ0) is 15.2. The minimum absolute atomic E-state index is 0.124. The second kappa shape index (κ2) is 6.95. The van der Waals surface area contributed by atoms with Gasteiger partial charge in [-0.1, -0.05) is 0 Å². The Morgan fingerprint density at radius 3 is 2.81 bits per heavy atom. The molecule has 114 valence electrons. The highest BCUT2D eigenvalue weighted by atomic mass is 16.5. The molecule has 0 aliphatic carbocycles. The van der Waals surface area contributed by atoms with E-state index < -0.39 is 0 Å². The Balaban J connectivity index is 2.40. The number of nitrogens with one attached hydrogen (secondary N) is 1. The molecule has 0 radical (unpaired) electrons. The van der Waals surface area contributed by atoms with Gasteiger partial charge in [0.2, 0.25) is 11.9 Å². The molecule has 0 spiro atoms. The number of nitrogens with zero attached hydrogens (tertiary/aromatic N) is 6. The molecule has 2 rings (SSSR count). The third-order valence-corrected chi connectivity index (χ3v) is 2.99. The van der Waals surface area contributed by atoms with Crippen molar-refractivity contribution < 1.29 is 4.74 Å². The summed E-state index contributed by atoms with van der Waals surface area (Å²) in [5.74, 6) is 6.65. The molecule has 2 heterocycles. The summed E-state index contributed by atoms with van der Waals surface area (Å²) in [6, 6.07) is 1.92. The SMILES string of the molecule is CCN(c1nc(NN)nc(-n2cccn2)n1)C(C)COC. The molecular weight excluding hydrogens is 272 g/mol. The quantitative estimate of drug-likeness (QED) is 0.550. The number of hydrogen-bond acceptors (Lipinski definition) is 8. The molecule has 0 bridgehead atoms. The van der Waals surface area contributed by atoms with Gasteiger partial charge in [-0.15, -0.1) is 0 Å². The molecule has 0 aliphatic rings. The first-order chi connectivity index (χ1) is 10.2. The number of hydrogen-bond donors (Lipinski definition) is 2. The molecule has 0 saturated heterocycles. The van der Waals surface area contributed by atoms with E-state index in [4.69, 9.17) is 10.6 Å². The third kappa shape index (κ3) is 3.44. The van der Waals surface area contributed by atoms with Gasteiger partial charge in [0.15, 0.2) is 0 Å². The van der Waals surface area contributed by atoms with Gasteiger partial charge in [-0.05, 0) is 19.9 Å². The Kier molecular flexibility index (Phi) is 5.01. The Bertz CT molecular complexity index is 558. The summed E-state index contributed by atoms with van der Waals surface area (Å²) >= 11 is 0. The van der Waals surface area contributed by atoms with Crippen LogP contribution in [0.5, 0.6) is 0 Å². The van der Waals surface area contributed by atoms with Gasteiger partial charge < -0.3 is 9.64 Å². The first-order valence-electron chi connectivity index (χ1n) is 6.67. The summed E-state index contributed by atoms with van der Waals surface area (Å²) in [6.07, 6.45) is 3.42. The molecule has 1 atom stereocenters. The number of anilines is 2. The number of likely N-dealkylation sites (N-methyl/N-ethyl adjacent to an activating group) is 1. The summed E-state index contributed by atoms with van der Waals surface area (Å²) in [7, 11) is 1.67. The van der Waals surface area contributed by atoms with Crippen molar-refractivity contribution in [2.45, 2.75) is 19.9 Å². The number of hydrazine groups is 1. The average molecular weight is 292 g/mol. The maximum absolute atomic E-state index is 5.44. The highest BCUT2D eigenvalue weighted by molar-refractivity contribution is 5.40. The number of rotatable bonds is 7. The minimum atomic E-state index is 0.124. The van der Waals surface area contributed by atoms with Gasteiger partial charge in [-0.25, -0.2) is 10.5 Å². The van der Waals surface area contributed by atoms with Crippen LogP contribution in [0.1, 0.15) is 13.8 Å².